The molecule has 0 aliphatic heterocycles. The van der Waals surface area contributed by atoms with Crippen molar-refractivity contribution >= 4 is 17.2 Å². The van der Waals surface area contributed by atoms with Gasteiger partial charge < -0.3 is 10.6 Å². The van der Waals surface area contributed by atoms with Crippen LogP contribution in [-0.2, 0) is 11.2 Å². The number of thiophene rings is 1. The smallest absolute Gasteiger partial charge is 0.224 e. The number of hydrogen-bond acceptors (Lipinski definition) is 3. The first kappa shape index (κ1) is 14.2. The van der Waals surface area contributed by atoms with Gasteiger partial charge in [-0.2, -0.15) is 0 Å². The monoisotopic (exact) mass is 254 g/mol. The lowest BCUT2D eigenvalue weighted by molar-refractivity contribution is -0.124. The highest BCUT2D eigenvalue weighted by Crippen LogP contribution is 2.13. The number of nitrogens with one attached hydrogen (secondary N) is 2. The lowest BCUT2D eigenvalue weighted by Crippen LogP contribution is -2.36. The van der Waals surface area contributed by atoms with E-state index in [2.05, 4.69) is 35.1 Å². The zero-order chi connectivity index (χ0) is 12.7. The minimum absolute atomic E-state index is 0.0361. The van der Waals surface area contributed by atoms with Crippen molar-refractivity contribution in [3.8, 4) is 0 Å². The van der Waals surface area contributed by atoms with E-state index in [0.29, 0.717) is 5.92 Å². The molecule has 0 aliphatic carbocycles. The van der Waals surface area contributed by atoms with Crippen LogP contribution < -0.4 is 10.6 Å². The molecule has 0 saturated heterocycles. The second-order valence-electron chi connectivity index (χ2n) is 4.59. The molecule has 0 aliphatic rings. The van der Waals surface area contributed by atoms with Crippen LogP contribution in [0.15, 0.2) is 17.5 Å². The fraction of sp³-hybridized carbons (Fsp3) is 0.615. The van der Waals surface area contributed by atoms with E-state index < -0.39 is 0 Å². The predicted octanol–water partition coefficient (Wildman–Crippen LogP) is 1.90. The summed E-state index contributed by atoms with van der Waals surface area (Å²) in [6.45, 7) is 5.59. The van der Waals surface area contributed by atoms with Gasteiger partial charge in [0.1, 0.15) is 0 Å². The molecule has 1 rings (SSSR count). The van der Waals surface area contributed by atoms with Crippen LogP contribution >= 0.6 is 11.3 Å². The van der Waals surface area contributed by atoms with Gasteiger partial charge in [0.05, 0.1) is 0 Å². The maximum absolute atomic E-state index is 11.7. The van der Waals surface area contributed by atoms with Crippen LogP contribution in [0.1, 0.15) is 18.7 Å². The molecule has 1 amide bonds. The SMILES string of the molecule is CNCC(C)C(=O)NCC(C)Cc1cccs1. The van der Waals surface area contributed by atoms with Gasteiger partial charge in [-0.05, 0) is 30.8 Å². The van der Waals surface area contributed by atoms with Gasteiger partial charge in [0, 0.05) is 23.9 Å². The van der Waals surface area contributed by atoms with Gasteiger partial charge in [0.25, 0.3) is 0 Å². The quantitative estimate of drug-likeness (QED) is 0.780. The molecule has 3 nitrogen and oxygen atoms in total. The van der Waals surface area contributed by atoms with E-state index in [9.17, 15) is 4.79 Å². The van der Waals surface area contributed by atoms with E-state index in [4.69, 9.17) is 0 Å². The van der Waals surface area contributed by atoms with Gasteiger partial charge in [-0.25, -0.2) is 0 Å². The molecule has 0 aromatic carbocycles. The molecule has 1 aromatic rings. The van der Waals surface area contributed by atoms with E-state index in [-0.39, 0.29) is 11.8 Å². The Balaban J connectivity index is 2.23. The summed E-state index contributed by atoms with van der Waals surface area (Å²) in [5.41, 5.74) is 0. The third kappa shape index (κ3) is 5.33. The number of carbonyl (C=O) groups is 1. The van der Waals surface area contributed by atoms with Crippen LogP contribution in [0.25, 0.3) is 0 Å². The highest BCUT2D eigenvalue weighted by atomic mass is 32.1. The molecular weight excluding hydrogens is 232 g/mol. The summed E-state index contributed by atoms with van der Waals surface area (Å²) >= 11 is 1.78. The first-order valence-electron chi connectivity index (χ1n) is 6.08. The summed E-state index contributed by atoms with van der Waals surface area (Å²) in [5.74, 6) is 0.658. The second-order valence-corrected chi connectivity index (χ2v) is 5.62. The topological polar surface area (TPSA) is 41.1 Å². The van der Waals surface area contributed by atoms with Gasteiger partial charge in [-0.15, -0.1) is 11.3 Å². The largest absolute Gasteiger partial charge is 0.356 e. The number of hydrogen-bond donors (Lipinski definition) is 2. The number of carbonyl (C=O) groups excluding carboxylic acids is 1. The molecule has 2 N–H and O–H groups in total. The first-order chi connectivity index (χ1) is 8.13. The van der Waals surface area contributed by atoms with Gasteiger partial charge in [-0.3, -0.25) is 4.79 Å². The fourth-order valence-corrected chi connectivity index (χ4v) is 2.56. The van der Waals surface area contributed by atoms with Gasteiger partial charge >= 0.3 is 0 Å². The van der Waals surface area contributed by atoms with Crippen molar-refractivity contribution in [3.05, 3.63) is 22.4 Å². The molecule has 1 aromatic heterocycles. The first-order valence-corrected chi connectivity index (χ1v) is 6.96. The summed E-state index contributed by atoms with van der Waals surface area (Å²) < 4.78 is 0. The minimum Gasteiger partial charge on any atom is -0.356 e. The molecule has 0 saturated carbocycles. The van der Waals surface area contributed by atoms with Crippen LogP contribution in [0.3, 0.4) is 0 Å². The van der Waals surface area contributed by atoms with Crippen molar-refractivity contribution in [2.75, 3.05) is 20.1 Å². The third-order valence-corrected chi connectivity index (χ3v) is 3.61. The van der Waals surface area contributed by atoms with Crippen LogP contribution in [0.4, 0.5) is 0 Å². The number of amides is 1. The Hall–Kier alpha value is -0.870. The molecule has 0 fully saturated rings. The minimum atomic E-state index is 0.0361. The van der Waals surface area contributed by atoms with Crippen LogP contribution in [0, 0.1) is 11.8 Å². The maximum atomic E-state index is 11.7. The van der Waals surface area contributed by atoms with Gasteiger partial charge in [-0.1, -0.05) is 19.9 Å². The van der Waals surface area contributed by atoms with E-state index >= 15 is 0 Å². The lowest BCUT2D eigenvalue weighted by Gasteiger charge is -2.15. The summed E-state index contributed by atoms with van der Waals surface area (Å²) in [5, 5.41) is 8.11. The zero-order valence-corrected chi connectivity index (χ0v) is 11.6. The lowest BCUT2D eigenvalue weighted by atomic mass is 10.1. The normalized spacial score (nSPS) is 14.3. The van der Waals surface area contributed by atoms with Crippen LogP contribution in [0.5, 0.6) is 0 Å². The van der Waals surface area contributed by atoms with Gasteiger partial charge in [0.15, 0.2) is 0 Å². The average molecular weight is 254 g/mol. The molecule has 0 bridgehead atoms. The summed E-state index contributed by atoms with van der Waals surface area (Å²) in [6, 6.07) is 4.22. The van der Waals surface area contributed by atoms with Crippen LogP contribution in [-0.4, -0.2) is 26.0 Å². The van der Waals surface area contributed by atoms with Crippen LogP contribution in [0.2, 0.25) is 0 Å². The molecule has 2 unspecified atom stereocenters. The van der Waals surface area contributed by atoms with Crippen molar-refractivity contribution in [2.24, 2.45) is 11.8 Å². The van der Waals surface area contributed by atoms with Crippen molar-refractivity contribution in [3.63, 3.8) is 0 Å². The molecule has 4 heteroatoms. The predicted molar refractivity (Wildman–Crippen MR) is 73.3 cm³/mol. The third-order valence-electron chi connectivity index (χ3n) is 2.71. The van der Waals surface area contributed by atoms with Gasteiger partial charge in [0.2, 0.25) is 5.91 Å². The Morgan fingerprint density at radius 3 is 2.76 bits per heavy atom. The van der Waals surface area contributed by atoms with Crippen molar-refractivity contribution < 1.29 is 4.79 Å². The second kappa shape index (κ2) is 7.45. The van der Waals surface area contributed by atoms with E-state index in [1.165, 1.54) is 4.88 Å². The van der Waals surface area contributed by atoms with Crippen molar-refractivity contribution in [1.82, 2.24) is 10.6 Å². The standard InChI is InChI=1S/C13H22N2OS/c1-10(7-12-5-4-6-17-12)8-15-13(16)11(2)9-14-3/h4-6,10-11,14H,7-9H2,1-3H3,(H,15,16). The fourth-order valence-electron chi connectivity index (χ4n) is 1.69. The highest BCUT2D eigenvalue weighted by Gasteiger charge is 2.12. The molecule has 96 valence electrons. The number of rotatable bonds is 7. The Labute approximate surface area is 108 Å². The Bertz CT molecular complexity index is 324. The Kier molecular flexibility index (Phi) is 6.22. The molecule has 1 heterocycles. The molecule has 2 atom stereocenters. The maximum Gasteiger partial charge on any atom is 0.224 e. The van der Waals surface area contributed by atoms with E-state index in [1.54, 1.807) is 11.3 Å². The summed E-state index contributed by atoms with van der Waals surface area (Å²) in [4.78, 5) is 13.1. The zero-order valence-electron chi connectivity index (χ0n) is 10.8. The highest BCUT2D eigenvalue weighted by molar-refractivity contribution is 7.09. The Morgan fingerprint density at radius 2 is 2.18 bits per heavy atom. The summed E-state index contributed by atoms with van der Waals surface area (Å²) in [7, 11) is 1.86. The molecule has 0 spiro atoms. The average Bonchev–Trinajstić information content (AvgIpc) is 2.79. The van der Waals surface area contributed by atoms with Crippen molar-refractivity contribution in [1.29, 1.82) is 0 Å². The van der Waals surface area contributed by atoms with E-state index in [0.717, 1.165) is 19.5 Å². The summed E-state index contributed by atoms with van der Waals surface area (Å²) in [6.07, 6.45) is 1.04. The van der Waals surface area contributed by atoms with E-state index in [1.807, 2.05) is 14.0 Å². The molecule has 17 heavy (non-hydrogen) atoms. The van der Waals surface area contributed by atoms with Crippen molar-refractivity contribution in [2.45, 2.75) is 20.3 Å². The Morgan fingerprint density at radius 1 is 1.41 bits per heavy atom. The molecular formula is C13H22N2OS. The molecule has 0 radical (unpaired) electrons.